The maximum atomic E-state index is 12.2. The van der Waals surface area contributed by atoms with Crippen molar-refractivity contribution in [1.29, 1.82) is 0 Å². The number of fused-ring (bicyclic) bond motifs is 1. The van der Waals surface area contributed by atoms with E-state index in [1.807, 2.05) is 18.2 Å². The normalized spacial score (nSPS) is 10.6. The van der Waals surface area contributed by atoms with Crippen LogP contribution in [0.3, 0.4) is 0 Å². The van der Waals surface area contributed by atoms with Crippen molar-refractivity contribution < 1.29 is 14.3 Å². The first-order valence-electron chi connectivity index (χ1n) is 6.52. The van der Waals surface area contributed by atoms with Crippen molar-refractivity contribution in [2.45, 2.75) is 6.92 Å². The lowest BCUT2D eigenvalue weighted by Gasteiger charge is -1.99. The van der Waals surface area contributed by atoms with Gasteiger partial charge in [0.1, 0.15) is 17.0 Å². The van der Waals surface area contributed by atoms with Crippen molar-refractivity contribution in [3.63, 3.8) is 0 Å². The average molecular weight is 315 g/mol. The molecule has 2 aromatic heterocycles. The number of nitrogens with zero attached hydrogens (tertiary/aromatic N) is 1. The molecule has 0 unspecified atom stereocenters. The maximum absolute atomic E-state index is 12.2. The topological polar surface area (TPSA) is 84.1 Å². The molecule has 0 saturated carbocycles. The van der Waals surface area contributed by atoms with Crippen LogP contribution < -0.4 is 10.1 Å². The minimum absolute atomic E-state index is 0.0972. The molecule has 1 aromatic carbocycles. The molecule has 0 radical (unpaired) electrons. The van der Waals surface area contributed by atoms with Crippen LogP contribution in [0, 0.1) is 0 Å². The van der Waals surface area contributed by atoms with Crippen LogP contribution in [0.25, 0.3) is 10.2 Å². The van der Waals surface area contributed by atoms with Gasteiger partial charge in [-0.25, -0.2) is 4.98 Å². The van der Waals surface area contributed by atoms with Gasteiger partial charge in [-0.05, 0) is 25.1 Å². The molecule has 1 amide bonds. The Balaban J connectivity index is 1.86. The SMILES string of the molecule is COc1cccc2sc(NC(=O)c3cc(C(C)=O)c[nH]3)nc12. The summed E-state index contributed by atoms with van der Waals surface area (Å²) < 4.78 is 6.17. The van der Waals surface area contributed by atoms with Gasteiger partial charge in [0.05, 0.1) is 11.8 Å². The minimum atomic E-state index is -0.342. The third-order valence-electron chi connectivity index (χ3n) is 3.16. The predicted molar refractivity (Wildman–Crippen MR) is 84.9 cm³/mol. The number of aromatic nitrogens is 2. The van der Waals surface area contributed by atoms with Gasteiger partial charge in [-0.3, -0.25) is 14.9 Å². The zero-order chi connectivity index (χ0) is 15.7. The quantitative estimate of drug-likeness (QED) is 0.725. The summed E-state index contributed by atoms with van der Waals surface area (Å²) in [7, 11) is 1.58. The van der Waals surface area contributed by atoms with Crippen molar-refractivity contribution >= 4 is 38.4 Å². The summed E-state index contributed by atoms with van der Waals surface area (Å²) in [5, 5.41) is 3.20. The Kier molecular flexibility index (Phi) is 3.64. The number of carbonyl (C=O) groups excluding carboxylic acids is 2. The van der Waals surface area contributed by atoms with E-state index in [4.69, 9.17) is 4.74 Å². The molecule has 2 heterocycles. The molecule has 0 aliphatic rings. The number of Topliss-reactive ketones (excluding diaryl/α,β-unsaturated/α-hetero) is 1. The van der Waals surface area contributed by atoms with Crippen LogP contribution in [-0.4, -0.2) is 28.8 Å². The number of hydrogen-bond donors (Lipinski definition) is 2. The van der Waals surface area contributed by atoms with E-state index >= 15 is 0 Å². The first kappa shape index (κ1) is 14.3. The number of para-hydroxylation sites is 1. The Morgan fingerprint density at radius 2 is 2.18 bits per heavy atom. The highest BCUT2D eigenvalue weighted by Gasteiger charge is 2.14. The Morgan fingerprint density at radius 3 is 2.86 bits per heavy atom. The molecule has 0 aliphatic carbocycles. The van der Waals surface area contributed by atoms with Crippen molar-refractivity contribution in [2.24, 2.45) is 0 Å². The van der Waals surface area contributed by atoms with Gasteiger partial charge in [-0.15, -0.1) is 0 Å². The van der Waals surface area contributed by atoms with E-state index in [1.54, 1.807) is 7.11 Å². The Bertz CT molecular complexity index is 866. The number of aromatic amines is 1. The maximum Gasteiger partial charge on any atom is 0.273 e. The summed E-state index contributed by atoms with van der Waals surface area (Å²) in [4.78, 5) is 30.6. The van der Waals surface area contributed by atoms with Crippen LogP contribution in [0.1, 0.15) is 27.8 Å². The third kappa shape index (κ3) is 2.58. The second-order valence-corrected chi connectivity index (χ2v) is 5.67. The number of rotatable bonds is 4. The molecule has 7 heteroatoms. The first-order chi connectivity index (χ1) is 10.6. The van der Waals surface area contributed by atoms with E-state index in [2.05, 4.69) is 15.3 Å². The van der Waals surface area contributed by atoms with Crippen LogP contribution in [0.15, 0.2) is 30.5 Å². The summed E-state index contributed by atoms with van der Waals surface area (Å²) in [6.07, 6.45) is 1.51. The minimum Gasteiger partial charge on any atom is -0.494 e. The predicted octanol–water partition coefficient (Wildman–Crippen LogP) is 3.09. The second-order valence-electron chi connectivity index (χ2n) is 4.64. The lowest BCUT2D eigenvalue weighted by molar-refractivity contribution is 0.101. The Labute approximate surface area is 130 Å². The van der Waals surface area contributed by atoms with Crippen molar-refractivity contribution in [1.82, 2.24) is 9.97 Å². The number of hydrogen-bond acceptors (Lipinski definition) is 5. The van der Waals surface area contributed by atoms with Crippen molar-refractivity contribution in [3.8, 4) is 5.75 Å². The fourth-order valence-electron chi connectivity index (χ4n) is 2.03. The molecule has 3 rings (SSSR count). The van der Waals surface area contributed by atoms with Gasteiger partial charge in [0, 0.05) is 11.8 Å². The Hall–Kier alpha value is -2.67. The van der Waals surface area contributed by atoms with Gasteiger partial charge in [-0.2, -0.15) is 0 Å². The summed E-state index contributed by atoms with van der Waals surface area (Å²) in [5.41, 5.74) is 1.49. The molecule has 0 fully saturated rings. The van der Waals surface area contributed by atoms with E-state index in [-0.39, 0.29) is 11.7 Å². The molecule has 112 valence electrons. The van der Waals surface area contributed by atoms with Crippen LogP contribution in [-0.2, 0) is 0 Å². The number of carbonyl (C=O) groups is 2. The van der Waals surface area contributed by atoms with E-state index in [0.29, 0.717) is 27.7 Å². The molecule has 0 bridgehead atoms. The highest BCUT2D eigenvalue weighted by Crippen LogP contribution is 2.32. The fourth-order valence-corrected chi connectivity index (χ4v) is 2.91. The summed E-state index contributed by atoms with van der Waals surface area (Å²) in [6.45, 7) is 1.45. The van der Waals surface area contributed by atoms with Crippen LogP contribution in [0.2, 0.25) is 0 Å². The first-order valence-corrected chi connectivity index (χ1v) is 7.34. The van der Waals surface area contributed by atoms with Gasteiger partial charge in [0.25, 0.3) is 5.91 Å². The average Bonchev–Trinajstić information content (AvgIpc) is 3.13. The van der Waals surface area contributed by atoms with E-state index in [9.17, 15) is 9.59 Å². The van der Waals surface area contributed by atoms with Gasteiger partial charge in [0.2, 0.25) is 0 Å². The number of benzene rings is 1. The Morgan fingerprint density at radius 1 is 1.36 bits per heavy atom. The van der Waals surface area contributed by atoms with Gasteiger partial charge < -0.3 is 9.72 Å². The summed E-state index contributed by atoms with van der Waals surface area (Å²) in [5.74, 6) is 0.221. The van der Waals surface area contributed by atoms with Crippen LogP contribution in [0.5, 0.6) is 5.75 Å². The molecule has 0 atom stereocenters. The number of methoxy groups -OCH3 is 1. The van der Waals surface area contributed by atoms with Crippen LogP contribution >= 0.6 is 11.3 Å². The molecular weight excluding hydrogens is 302 g/mol. The summed E-state index contributed by atoms with van der Waals surface area (Å²) >= 11 is 1.36. The number of amides is 1. The van der Waals surface area contributed by atoms with Crippen LogP contribution in [0.4, 0.5) is 5.13 Å². The smallest absolute Gasteiger partial charge is 0.273 e. The molecule has 0 spiro atoms. The monoisotopic (exact) mass is 315 g/mol. The molecule has 0 aliphatic heterocycles. The molecule has 22 heavy (non-hydrogen) atoms. The van der Waals surface area contributed by atoms with Gasteiger partial charge >= 0.3 is 0 Å². The number of nitrogens with one attached hydrogen (secondary N) is 2. The lowest BCUT2D eigenvalue weighted by Crippen LogP contribution is -2.11. The van der Waals surface area contributed by atoms with E-state index in [0.717, 1.165) is 4.70 Å². The highest BCUT2D eigenvalue weighted by atomic mass is 32.1. The van der Waals surface area contributed by atoms with Gasteiger partial charge in [0.15, 0.2) is 10.9 Å². The fraction of sp³-hybridized carbons (Fsp3) is 0.133. The second kappa shape index (κ2) is 5.61. The summed E-state index contributed by atoms with van der Waals surface area (Å²) in [6, 6.07) is 7.12. The van der Waals surface area contributed by atoms with E-state index in [1.165, 1.54) is 30.5 Å². The number of H-pyrrole nitrogens is 1. The highest BCUT2D eigenvalue weighted by molar-refractivity contribution is 7.22. The third-order valence-corrected chi connectivity index (χ3v) is 4.09. The molecule has 0 saturated heterocycles. The number of thiazole rings is 1. The molecule has 6 nitrogen and oxygen atoms in total. The van der Waals surface area contributed by atoms with E-state index < -0.39 is 0 Å². The van der Waals surface area contributed by atoms with Crippen molar-refractivity contribution in [2.75, 3.05) is 12.4 Å². The molecule has 3 aromatic rings. The van der Waals surface area contributed by atoms with Crippen molar-refractivity contribution in [3.05, 3.63) is 41.7 Å². The molecular formula is C15H13N3O3S. The lowest BCUT2D eigenvalue weighted by atomic mass is 10.2. The zero-order valence-corrected chi connectivity index (χ0v) is 12.8. The zero-order valence-electron chi connectivity index (χ0n) is 12.0. The van der Waals surface area contributed by atoms with Gasteiger partial charge in [-0.1, -0.05) is 17.4 Å². The largest absolute Gasteiger partial charge is 0.494 e. The standard InChI is InChI=1S/C15H13N3O3S/c1-8(19)9-6-10(16-7-9)14(20)18-15-17-13-11(21-2)4-3-5-12(13)22-15/h3-7,16H,1-2H3,(H,17,18,20). The number of ether oxygens (including phenoxy) is 1. The number of ketones is 1. The number of anilines is 1. The molecule has 2 N–H and O–H groups in total.